The van der Waals surface area contributed by atoms with Crippen LogP contribution in [0.3, 0.4) is 0 Å². The second-order valence-corrected chi connectivity index (χ2v) is 4.49. The molecule has 0 aromatic heterocycles. The molecule has 0 radical (unpaired) electrons. The predicted octanol–water partition coefficient (Wildman–Crippen LogP) is 3.32. The van der Waals surface area contributed by atoms with Gasteiger partial charge in [0.15, 0.2) is 5.82 Å². The summed E-state index contributed by atoms with van der Waals surface area (Å²) in [4.78, 5) is 11.9. The van der Waals surface area contributed by atoms with Gasteiger partial charge in [0, 0.05) is 5.69 Å². The molecule has 3 N–H and O–H groups in total. The van der Waals surface area contributed by atoms with Gasteiger partial charge in [-0.25, -0.2) is 8.78 Å². The van der Waals surface area contributed by atoms with Crippen molar-refractivity contribution in [3.8, 4) is 6.07 Å². The zero-order chi connectivity index (χ0) is 15.6. The number of nitriles is 1. The number of nitrogen functional groups attached to an aromatic ring is 1. The number of benzene rings is 2. The second-order valence-electron chi connectivity index (χ2n) is 4.09. The molecule has 0 aliphatic heterocycles. The molecule has 0 aliphatic rings. The average Bonchev–Trinajstić information content (AvgIpc) is 2.43. The minimum absolute atomic E-state index is 0.115. The van der Waals surface area contributed by atoms with E-state index in [1.807, 2.05) is 6.07 Å². The van der Waals surface area contributed by atoms with Crippen molar-refractivity contribution >= 4 is 28.9 Å². The fourth-order valence-electron chi connectivity index (χ4n) is 1.65. The molecule has 0 unspecified atom stereocenters. The van der Waals surface area contributed by atoms with E-state index in [1.165, 1.54) is 18.2 Å². The van der Waals surface area contributed by atoms with E-state index in [1.54, 1.807) is 0 Å². The Hall–Kier alpha value is -2.65. The molecule has 0 fully saturated rings. The van der Waals surface area contributed by atoms with Gasteiger partial charge in [0.2, 0.25) is 0 Å². The Morgan fingerprint density at radius 1 is 1.29 bits per heavy atom. The number of hydrogen-bond acceptors (Lipinski definition) is 3. The number of nitrogens with one attached hydrogen (secondary N) is 1. The molecule has 0 atom stereocenters. The van der Waals surface area contributed by atoms with Crippen LogP contribution in [0.25, 0.3) is 0 Å². The molecule has 2 aromatic carbocycles. The maximum absolute atomic E-state index is 13.7. The van der Waals surface area contributed by atoms with E-state index in [-0.39, 0.29) is 22.0 Å². The standard InChI is InChI=1S/C14H8ClF2N3O/c15-9-5-8(2-1-7(9)6-18)20-14(21)12-10(16)3-4-11(19)13(12)17/h1-5H,19H2,(H,20,21). The van der Waals surface area contributed by atoms with Crippen molar-refractivity contribution in [3.05, 3.63) is 58.1 Å². The molecule has 0 saturated carbocycles. The van der Waals surface area contributed by atoms with Crippen LogP contribution < -0.4 is 11.1 Å². The van der Waals surface area contributed by atoms with Gasteiger partial charge in [-0.2, -0.15) is 5.26 Å². The fourth-order valence-corrected chi connectivity index (χ4v) is 1.88. The summed E-state index contributed by atoms with van der Waals surface area (Å²) in [5.41, 5.74) is 4.61. The Kier molecular flexibility index (Phi) is 4.05. The monoisotopic (exact) mass is 307 g/mol. The van der Waals surface area contributed by atoms with Crippen molar-refractivity contribution in [2.45, 2.75) is 0 Å². The van der Waals surface area contributed by atoms with Crippen LogP contribution in [0.4, 0.5) is 20.2 Å². The van der Waals surface area contributed by atoms with Crippen LogP contribution in [0.2, 0.25) is 5.02 Å². The lowest BCUT2D eigenvalue weighted by Gasteiger charge is -2.09. The largest absolute Gasteiger partial charge is 0.396 e. The van der Waals surface area contributed by atoms with Crippen LogP contribution >= 0.6 is 11.6 Å². The third-order valence-corrected chi connectivity index (χ3v) is 3.01. The van der Waals surface area contributed by atoms with E-state index < -0.39 is 23.1 Å². The summed E-state index contributed by atoms with van der Waals surface area (Å²) in [5, 5.41) is 11.1. The minimum Gasteiger partial charge on any atom is -0.396 e. The van der Waals surface area contributed by atoms with Gasteiger partial charge in [-0.05, 0) is 30.3 Å². The highest BCUT2D eigenvalue weighted by Crippen LogP contribution is 2.23. The molecule has 0 aliphatic carbocycles. The van der Waals surface area contributed by atoms with Gasteiger partial charge in [-0.3, -0.25) is 4.79 Å². The van der Waals surface area contributed by atoms with Crippen molar-refractivity contribution in [2.24, 2.45) is 0 Å². The van der Waals surface area contributed by atoms with E-state index in [0.717, 1.165) is 12.1 Å². The Morgan fingerprint density at radius 2 is 2.00 bits per heavy atom. The zero-order valence-corrected chi connectivity index (χ0v) is 11.2. The highest BCUT2D eigenvalue weighted by Gasteiger charge is 2.19. The lowest BCUT2D eigenvalue weighted by Crippen LogP contribution is -2.17. The van der Waals surface area contributed by atoms with E-state index in [0.29, 0.717) is 0 Å². The molecule has 106 valence electrons. The van der Waals surface area contributed by atoms with Gasteiger partial charge in [0.25, 0.3) is 5.91 Å². The summed E-state index contributed by atoms with van der Waals surface area (Å²) in [6, 6.07) is 7.86. The van der Waals surface area contributed by atoms with Gasteiger partial charge in [0.1, 0.15) is 17.4 Å². The predicted molar refractivity (Wildman–Crippen MR) is 74.9 cm³/mol. The number of amides is 1. The van der Waals surface area contributed by atoms with E-state index in [4.69, 9.17) is 22.6 Å². The molecule has 1 amide bonds. The third kappa shape index (κ3) is 2.93. The van der Waals surface area contributed by atoms with Crippen LogP contribution in [0.1, 0.15) is 15.9 Å². The Morgan fingerprint density at radius 3 is 2.62 bits per heavy atom. The molecular formula is C14H8ClF2N3O. The highest BCUT2D eigenvalue weighted by molar-refractivity contribution is 6.32. The second kappa shape index (κ2) is 5.77. The number of nitrogens with two attached hydrogens (primary N) is 1. The number of halogens is 3. The summed E-state index contributed by atoms with van der Waals surface area (Å²) in [6.07, 6.45) is 0. The third-order valence-electron chi connectivity index (χ3n) is 2.70. The summed E-state index contributed by atoms with van der Waals surface area (Å²) in [7, 11) is 0. The number of carbonyl (C=O) groups excluding carboxylic acids is 1. The van der Waals surface area contributed by atoms with Crippen molar-refractivity contribution < 1.29 is 13.6 Å². The lowest BCUT2D eigenvalue weighted by atomic mass is 10.1. The molecule has 0 saturated heterocycles. The molecule has 2 rings (SSSR count). The molecule has 0 spiro atoms. The normalized spacial score (nSPS) is 10.0. The van der Waals surface area contributed by atoms with Gasteiger partial charge < -0.3 is 11.1 Å². The van der Waals surface area contributed by atoms with Crippen molar-refractivity contribution in [1.29, 1.82) is 5.26 Å². The summed E-state index contributed by atoms with van der Waals surface area (Å²) in [6.45, 7) is 0. The summed E-state index contributed by atoms with van der Waals surface area (Å²) >= 11 is 5.80. The molecule has 21 heavy (non-hydrogen) atoms. The lowest BCUT2D eigenvalue weighted by molar-refractivity contribution is 0.101. The summed E-state index contributed by atoms with van der Waals surface area (Å²) in [5.74, 6) is -3.16. The van der Waals surface area contributed by atoms with Crippen LogP contribution in [-0.4, -0.2) is 5.91 Å². The quantitative estimate of drug-likeness (QED) is 0.835. The highest BCUT2D eigenvalue weighted by atomic mass is 35.5. The molecule has 7 heteroatoms. The maximum Gasteiger partial charge on any atom is 0.261 e. The Labute approximate surface area is 123 Å². The number of nitrogens with zero attached hydrogens (tertiary/aromatic N) is 1. The molecule has 0 heterocycles. The van der Waals surface area contributed by atoms with Crippen LogP contribution in [0.5, 0.6) is 0 Å². The molecule has 0 bridgehead atoms. The SMILES string of the molecule is N#Cc1ccc(NC(=O)c2c(F)ccc(N)c2F)cc1Cl. The van der Waals surface area contributed by atoms with Crippen molar-refractivity contribution in [2.75, 3.05) is 11.1 Å². The van der Waals surface area contributed by atoms with Gasteiger partial charge in [0.05, 0.1) is 16.3 Å². The average molecular weight is 308 g/mol. The molecule has 2 aromatic rings. The smallest absolute Gasteiger partial charge is 0.261 e. The topological polar surface area (TPSA) is 78.9 Å². The fraction of sp³-hybridized carbons (Fsp3) is 0. The number of carbonyl (C=O) groups is 1. The van der Waals surface area contributed by atoms with Crippen LogP contribution in [0.15, 0.2) is 30.3 Å². The van der Waals surface area contributed by atoms with Crippen molar-refractivity contribution in [3.63, 3.8) is 0 Å². The Bertz CT molecular complexity index is 772. The number of anilines is 2. The first kappa shape index (κ1) is 14.8. The first-order chi connectivity index (χ1) is 9.93. The van der Waals surface area contributed by atoms with Crippen LogP contribution in [-0.2, 0) is 0 Å². The van der Waals surface area contributed by atoms with Gasteiger partial charge >= 0.3 is 0 Å². The van der Waals surface area contributed by atoms with Crippen LogP contribution in [0, 0.1) is 23.0 Å². The maximum atomic E-state index is 13.7. The van der Waals surface area contributed by atoms with Gasteiger partial charge in [-0.1, -0.05) is 11.6 Å². The number of hydrogen-bond donors (Lipinski definition) is 2. The Balaban J connectivity index is 2.33. The zero-order valence-electron chi connectivity index (χ0n) is 10.5. The van der Waals surface area contributed by atoms with Crippen molar-refractivity contribution in [1.82, 2.24) is 0 Å². The molecule has 4 nitrogen and oxygen atoms in total. The minimum atomic E-state index is -1.13. The first-order valence-corrected chi connectivity index (χ1v) is 6.06. The number of rotatable bonds is 2. The first-order valence-electron chi connectivity index (χ1n) is 5.68. The van der Waals surface area contributed by atoms with E-state index in [2.05, 4.69) is 5.32 Å². The van der Waals surface area contributed by atoms with E-state index >= 15 is 0 Å². The van der Waals surface area contributed by atoms with Gasteiger partial charge in [-0.15, -0.1) is 0 Å². The summed E-state index contributed by atoms with van der Waals surface area (Å²) < 4.78 is 27.3. The van der Waals surface area contributed by atoms with E-state index in [9.17, 15) is 13.6 Å². The molecular weight excluding hydrogens is 300 g/mol.